The summed E-state index contributed by atoms with van der Waals surface area (Å²) in [6.07, 6.45) is 14.9. The summed E-state index contributed by atoms with van der Waals surface area (Å²) in [5.74, 6) is -0.349. The lowest BCUT2D eigenvalue weighted by Crippen LogP contribution is -2.17. The zero-order valence-corrected chi connectivity index (χ0v) is 20.3. The van der Waals surface area contributed by atoms with E-state index in [4.69, 9.17) is 14.2 Å². The van der Waals surface area contributed by atoms with Gasteiger partial charge in [0.25, 0.3) is 0 Å². The third kappa shape index (κ3) is 11.9. The number of carbonyl (C=O) groups excluding carboxylic acids is 2. The fraction of sp³-hybridized carbons (Fsp3) is 0.630. The predicted octanol–water partition coefficient (Wildman–Crippen LogP) is 7.10. The number of unbranched alkanes of at least 4 members (excludes halogenated alkanes) is 11. The Balaban J connectivity index is 2.24. The lowest BCUT2D eigenvalue weighted by molar-refractivity contribution is -0.147. The molecule has 1 aromatic rings. The molecule has 5 nitrogen and oxygen atoms in total. The van der Waals surface area contributed by atoms with Gasteiger partial charge in [-0.1, -0.05) is 96.3 Å². The zero-order chi connectivity index (χ0) is 23.6. The molecule has 1 unspecified atom stereocenters. The van der Waals surface area contributed by atoms with E-state index in [9.17, 15) is 9.59 Å². The lowest BCUT2D eigenvalue weighted by atomic mass is 10.0. The first-order chi connectivity index (χ1) is 15.5. The highest BCUT2D eigenvalue weighted by atomic mass is 16.6. The van der Waals surface area contributed by atoms with Crippen LogP contribution in [0.2, 0.25) is 0 Å². The van der Waals surface area contributed by atoms with E-state index < -0.39 is 18.0 Å². The van der Waals surface area contributed by atoms with Crippen LogP contribution < -0.4 is 4.74 Å². The van der Waals surface area contributed by atoms with Crippen molar-refractivity contribution >= 4 is 11.9 Å². The SMILES string of the molecule is C=C(C(=O)OC)C(OC(C)=O)c1ccc(OCCCCCCCCCCCCCC)cc1. The van der Waals surface area contributed by atoms with Gasteiger partial charge in [0.2, 0.25) is 0 Å². The van der Waals surface area contributed by atoms with Crippen molar-refractivity contribution in [1.29, 1.82) is 0 Å². The largest absolute Gasteiger partial charge is 0.494 e. The lowest BCUT2D eigenvalue weighted by Gasteiger charge is -2.18. The summed E-state index contributed by atoms with van der Waals surface area (Å²) in [6, 6.07) is 7.19. The molecule has 0 heterocycles. The maximum atomic E-state index is 11.8. The number of carbonyl (C=O) groups is 2. The van der Waals surface area contributed by atoms with Gasteiger partial charge in [0.15, 0.2) is 6.10 Å². The molecule has 180 valence electrons. The van der Waals surface area contributed by atoms with E-state index in [-0.39, 0.29) is 5.57 Å². The molecule has 0 N–H and O–H groups in total. The Morgan fingerprint density at radius 2 is 1.34 bits per heavy atom. The van der Waals surface area contributed by atoms with E-state index in [0.29, 0.717) is 12.2 Å². The van der Waals surface area contributed by atoms with Gasteiger partial charge in [-0.05, 0) is 24.1 Å². The summed E-state index contributed by atoms with van der Waals surface area (Å²) in [5.41, 5.74) is 0.723. The number of ether oxygens (including phenoxy) is 3. The van der Waals surface area contributed by atoms with Crippen LogP contribution in [0, 0.1) is 0 Å². The first kappa shape index (κ1) is 27.7. The van der Waals surface area contributed by atoms with Crippen LogP contribution in [0.15, 0.2) is 36.4 Å². The molecule has 0 bridgehead atoms. The Labute approximate surface area is 194 Å². The summed E-state index contributed by atoms with van der Waals surface area (Å²) in [4.78, 5) is 23.2. The van der Waals surface area contributed by atoms with Crippen LogP contribution in [-0.2, 0) is 19.1 Å². The van der Waals surface area contributed by atoms with Crippen molar-refractivity contribution in [1.82, 2.24) is 0 Å². The Kier molecular flexibility index (Phi) is 15.0. The molecule has 5 heteroatoms. The monoisotopic (exact) mass is 446 g/mol. The smallest absolute Gasteiger partial charge is 0.337 e. The Bertz CT molecular complexity index is 665. The Morgan fingerprint density at radius 3 is 1.81 bits per heavy atom. The molecule has 1 atom stereocenters. The molecule has 0 fully saturated rings. The maximum Gasteiger partial charge on any atom is 0.337 e. The fourth-order valence-corrected chi connectivity index (χ4v) is 3.62. The van der Waals surface area contributed by atoms with Crippen LogP contribution in [-0.4, -0.2) is 25.7 Å². The number of hydrogen-bond acceptors (Lipinski definition) is 5. The van der Waals surface area contributed by atoms with Crippen LogP contribution in [0.5, 0.6) is 5.75 Å². The highest BCUT2D eigenvalue weighted by Crippen LogP contribution is 2.27. The molecule has 32 heavy (non-hydrogen) atoms. The van der Waals surface area contributed by atoms with Gasteiger partial charge in [-0.25, -0.2) is 4.79 Å². The summed E-state index contributed by atoms with van der Waals surface area (Å²) < 4.78 is 15.8. The van der Waals surface area contributed by atoms with Crippen LogP contribution >= 0.6 is 0 Å². The van der Waals surface area contributed by atoms with E-state index in [1.807, 2.05) is 12.1 Å². The molecule has 0 saturated heterocycles. The van der Waals surface area contributed by atoms with E-state index in [2.05, 4.69) is 13.5 Å². The summed E-state index contributed by atoms with van der Waals surface area (Å²) in [5, 5.41) is 0. The van der Waals surface area contributed by atoms with Gasteiger partial charge >= 0.3 is 11.9 Å². The van der Waals surface area contributed by atoms with Gasteiger partial charge in [-0.3, -0.25) is 4.79 Å². The standard InChI is InChI=1S/C27H42O5/c1-5-6-7-8-9-10-11-12-13-14-15-16-21-31-25-19-17-24(18-20-25)26(32-23(3)28)22(2)27(29)30-4/h17-20,26H,2,5-16,21H2,1,3-4H3. The minimum Gasteiger partial charge on any atom is -0.494 e. The van der Waals surface area contributed by atoms with Crippen molar-refractivity contribution in [3.8, 4) is 5.75 Å². The van der Waals surface area contributed by atoms with E-state index >= 15 is 0 Å². The zero-order valence-electron chi connectivity index (χ0n) is 20.3. The Morgan fingerprint density at radius 1 is 0.844 bits per heavy atom. The normalized spacial score (nSPS) is 11.6. The van der Waals surface area contributed by atoms with Crippen molar-refractivity contribution in [3.05, 3.63) is 42.0 Å². The minimum atomic E-state index is -0.870. The van der Waals surface area contributed by atoms with Gasteiger partial charge in [0.05, 0.1) is 19.3 Å². The van der Waals surface area contributed by atoms with E-state index in [1.165, 1.54) is 84.7 Å². The average Bonchev–Trinajstić information content (AvgIpc) is 2.80. The molecular weight excluding hydrogens is 404 g/mol. The van der Waals surface area contributed by atoms with Crippen molar-refractivity contribution in [3.63, 3.8) is 0 Å². The minimum absolute atomic E-state index is 0.0767. The maximum absolute atomic E-state index is 11.8. The van der Waals surface area contributed by atoms with Gasteiger partial charge in [-0.2, -0.15) is 0 Å². The van der Waals surface area contributed by atoms with Gasteiger partial charge in [0, 0.05) is 6.92 Å². The van der Waals surface area contributed by atoms with Crippen LogP contribution in [0.4, 0.5) is 0 Å². The van der Waals surface area contributed by atoms with Crippen LogP contribution in [0.25, 0.3) is 0 Å². The van der Waals surface area contributed by atoms with Crippen LogP contribution in [0.3, 0.4) is 0 Å². The second-order valence-electron chi connectivity index (χ2n) is 8.31. The summed E-state index contributed by atoms with van der Waals surface area (Å²) >= 11 is 0. The second-order valence-corrected chi connectivity index (χ2v) is 8.31. The quantitative estimate of drug-likeness (QED) is 0.137. The molecule has 0 radical (unpaired) electrons. The van der Waals surface area contributed by atoms with Crippen molar-refractivity contribution in [2.45, 2.75) is 97.0 Å². The second kappa shape index (κ2) is 17.3. The molecule has 0 spiro atoms. The molecule has 0 saturated carbocycles. The highest BCUT2D eigenvalue weighted by molar-refractivity contribution is 5.89. The van der Waals surface area contributed by atoms with Gasteiger partial charge in [0.1, 0.15) is 5.75 Å². The molecule has 0 aromatic heterocycles. The number of methoxy groups -OCH3 is 1. The first-order valence-electron chi connectivity index (χ1n) is 12.2. The summed E-state index contributed by atoms with van der Waals surface area (Å²) in [7, 11) is 1.27. The topological polar surface area (TPSA) is 61.8 Å². The molecule has 1 aromatic carbocycles. The third-order valence-corrected chi connectivity index (χ3v) is 5.50. The molecule has 0 aliphatic carbocycles. The van der Waals surface area contributed by atoms with Crippen LogP contribution in [0.1, 0.15) is 103 Å². The fourth-order valence-electron chi connectivity index (χ4n) is 3.62. The van der Waals surface area contributed by atoms with Crippen molar-refractivity contribution < 1.29 is 23.8 Å². The molecule has 0 aliphatic heterocycles. The van der Waals surface area contributed by atoms with E-state index in [0.717, 1.165) is 12.2 Å². The summed E-state index contributed by atoms with van der Waals surface area (Å²) in [6.45, 7) is 7.95. The predicted molar refractivity (Wildman–Crippen MR) is 129 cm³/mol. The number of esters is 2. The van der Waals surface area contributed by atoms with E-state index in [1.54, 1.807) is 12.1 Å². The third-order valence-electron chi connectivity index (χ3n) is 5.50. The Hall–Kier alpha value is -2.30. The number of benzene rings is 1. The molecule has 0 aliphatic rings. The number of hydrogen-bond donors (Lipinski definition) is 0. The molecular formula is C27H42O5. The molecule has 1 rings (SSSR count). The van der Waals surface area contributed by atoms with Crippen molar-refractivity contribution in [2.24, 2.45) is 0 Å². The number of rotatable bonds is 18. The van der Waals surface area contributed by atoms with Gasteiger partial charge in [-0.15, -0.1) is 0 Å². The highest BCUT2D eigenvalue weighted by Gasteiger charge is 2.24. The molecule has 0 amide bonds. The average molecular weight is 447 g/mol. The van der Waals surface area contributed by atoms with Gasteiger partial charge < -0.3 is 14.2 Å². The first-order valence-corrected chi connectivity index (χ1v) is 12.2. The van der Waals surface area contributed by atoms with Crippen molar-refractivity contribution in [2.75, 3.05) is 13.7 Å².